The molecule has 0 aliphatic carbocycles. The maximum atomic E-state index is 11.8. The molecule has 0 aliphatic rings. The van der Waals surface area contributed by atoms with Crippen LogP contribution in [0.5, 0.6) is 11.5 Å². The number of methoxy groups -OCH3 is 2. The fraction of sp³-hybridized carbons (Fsp3) is 0.267. The third-order valence-corrected chi connectivity index (χ3v) is 2.95. The second-order valence-electron chi connectivity index (χ2n) is 4.36. The Morgan fingerprint density at radius 2 is 1.79 bits per heavy atom. The van der Waals surface area contributed by atoms with E-state index < -0.39 is 0 Å². The van der Waals surface area contributed by atoms with Crippen LogP contribution in [0.4, 0.5) is 0 Å². The number of hydrogen-bond donors (Lipinski definition) is 0. The third kappa shape index (κ3) is 2.96. The van der Waals surface area contributed by atoms with Crippen molar-refractivity contribution >= 4 is 0 Å². The summed E-state index contributed by atoms with van der Waals surface area (Å²) >= 11 is 0. The first-order valence-corrected chi connectivity index (χ1v) is 6.02. The van der Waals surface area contributed by atoms with Gasteiger partial charge in [-0.05, 0) is 36.2 Å². The topological polar surface area (TPSA) is 40.5 Å². The number of aromatic nitrogens is 1. The van der Waals surface area contributed by atoms with E-state index in [0.717, 1.165) is 11.1 Å². The van der Waals surface area contributed by atoms with Crippen molar-refractivity contribution in [3.8, 4) is 11.5 Å². The van der Waals surface area contributed by atoms with Crippen LogP contribution in [0.1, 0.15) is 11.1 Å². The molecule has 0 fully saturated rings. The summed E-state index contributed by atoms with van der Waals surface area (Å²) in [7, 11) is 3.20. The predicted molar refractivity (Wildman–Crippen MR) is 74.1 cm³/mol. The second-order valence-corrected chi connectivity index (χ2v) is 4.36. The molecule has 2 rings (SSSR count). The van der Waals surface area contributed by atoms with Gasteiger partial charge in [0.15, 0.2) is 11.5 Å². The lowest BCUT2D eigenvalue weighted by molar-refractivity contribution is 0.354. The van der Waals surface area contributed by atoms with Gasteiger partial charge in [0, 0.05) is 12.3 Å². The predicted octanol–water partition coefficient (Wildman–Crippen LogP) is 2.22. The Morgan fingerprint density at radius 3 is 2.42 bits per heavy atom. The number of rotatable bonds is 4. The summed E-state index contributed by atoms with van der Waals surface area (Å²) in [5.41, 5.74) is 1.95. The minimum atomic E-state index is -0.00483. The summed E-state index contributed by atoms with van der Waals surface area (Å²) in [6, 6.07) is 9.19. The normalized spacial score (nSPS) is 10.3. The third-order valence-electron chi connectivity index (χ3n) is 2.95. The van der Waals surface area contributed by atoms with Gasteiger partial charge in [0.1, 0.15) is 0 Å². The monoisotopic (exact) mass is 259 g/mol. The van der Waals surface area contributed by atoms with Gasteiger partial charge < -0.3 is 14.0 Å². The maximum Gasteiger partial charge on any atom is 0.251 e. The first-order valence-electron chi connectivity index (χ1n) is 6.02. The molecule has 0 saturated carbocycles. The van der Waals surface area contributed by atoms with Crippen LogP contribution >= 0.6 is 0 Å². The molecule has 1 heterocycles. The van der Waals surface area contributed by atoms with E-state index in [0.29, 0.717) is 18.0 Å². The summed E-state index contributed by atoms with van der Waals surface area (Å²) < 4.78 is 12.1. The van der Waals surface area contributed by atoms with E-state index >= 15 is 0 Å². The summed E-state index contributed by atoms with van der Waals surface area (Å²) in [4.78, 5) is 11.8. The standard InChI is InChI=1S/C15H17NO3/c1-11-6-7-16(15(17)8-11)10-12-4-5-13(18-2)14(9-12)19-3/h4-9H,10H2,1-3H3. The number of aryl methyl sites for hydroxylation is 1. The lowest BCUT2D eigenvalue weighted by Gasteiger charge is -2.10. The van der Waals surface area contributed by atoms with Gasteiger partial charge in [-0.3, -0.25) is 4.79 Å². The summed E-state index contributed by atoms with van der Waals surface area (Å²) in [5, 5.41) is 0. The van der Waals surface area contributed by atoms with Gasteiger partial charge >= 0.3 is 0 Å². The van der Waals surface area contributed by atoms with Crippen molar-refractivity contribution in [2.45, 2.75) is 13.5 Å². The van der Waals surface area contributed by atoms with Crippen molar-refractivity contribution in [1.82, 2.24) is 4.57 Å². The molecule has 0 radical (unpaired) electrons. The largest absolute Gasteiger partial charge is 0.493 e. The van der Waals surface area contributed by atoms with Crippen LogP contribution in [0, 0.1) is 6.92 Å². The average Bonchev–Trinajstić information content (AvgIpc) is 2.41. The molecule has 1 aromatic heterocycles. The summed E-state index contributed by atoms with van der Waals surface area (Å²) in [6.07, 6.45) is 1.80. The zero-order valence-electron chi connectivity index (χ0n) is 11.3. The van der Waals surface area contributed by atoms with E-state index in [4.69, 9.17) is 9.47 Å². The zero-order chi connectivity index (χ0) is 13.8. The fourth-order valence-electron chi connectivity index (χ4n) is 1.91. The summed E-state index contributed by atoms with van der Waals surface area (Å²) in [5.74, 6) is 1.35. The maximum absolute atomic E-state index is 11.8. The van der Waals surface area contributed by atoms with Gasteiger partial charge in [0.05, 0.1) is 20.8 Å². The Bertz CT molecular complexity index is 632. The highest BCUT2D eigenvalue weighted by Gasteiger charge is 2.05. The van der Waals surface area contributed by atoms with Gasteiger partial charge in [0.25, 0.3) is 5.56 Å². The van der Waals surface area contributed by atoms with E-state index in [1.807, 2.05) is 31.2 Å². The quantitative estimate of drug-likeness (QED) is 0.845. The van der Waals surface area contributed by atoms with Crippen LogP contribution in [-0.2, 0) is 6.54 Å². The summed E-state index contributed by atoms with van der Waals surface area (Å²) in [6.45, 7) is 2.42. The molecular formula is C15H17NO3. The Kier molecular flexibility index (Phi) is 3.90. The van der Waals surface area contributed by atoms with E-state index in [-0.39, 0.29) is 5.56 Å². The molecule has 2 aromatic rings. The van der Waals surface area contributed by atoms with Crippen LogP contribution in [-0.4, -0.2) is 18.8 Å². The van der Waals surface area contributed by atoms with Crippen molar-refractivity contribution in [3.05, 3.63) is 58.0 Å². The van der Waals surface area contributed by atoms with Crippen molar-refractivity contribution in [2.75, 3.05) is 14.2 Å². The van der Waals surface area contributed by atoms with Gasteiger partial charge in [-0.15, -0.1) is 0 Å². The molecule has 0 amide bonds. The minimum Gasteiger partial charge on any atom is -0.493 e. The highest BCUT2D eigenvalue weighted by molar-refractivity contribution is 5.42. The number of ether oxygens (including phenoxy) is 2. The lowest BCUT2D eigenvalue weighted by Crippen LogP contribution is -2.19. The Morgan fingerprint density at radius 1 is 1.05 bits per heavy atom. The molecule has 0 atom stereocenters. The van der Waals surface area contributed by atoms with E-state index in [1.54, 1.807) is 31.0 Å². The van der Waals surface area contributed by atoms with Crippen molar-refractivity contribution < 1.29 is 9.47 Å². The lowest BCUT2D eigenvalue weighted by atomic mass is 10.2. The van der Waals surface area contributed by atoms with E-state index in [9.17, 15) is 4.79 Å². The highest BCUT2D eigenvalue weighted by Crippen LogP contribution is 2.27. The Hall–Kier alpha value is -2.23. The van der Waals surface area contributed by atoms with Gasteiger partial charge in [-0.2, -0.15) is 0 Å². The molecule has 0 aliphatic heterocycles. The van der Waals surface area contributed by atoms with E-state index in [2.05, 4.69) is 0 Å². The Balaban J connectivity index is 2.30. The van der Waals surface area contributed by atoms with Crippen molar-refractivity contribution in [3.63, 3.8) is 0 Å². The van der Waals surface area contributed by atoms with Gasteiger partial charge in [-0.1, -0.05) is 6.07 Å². The average molecular weight is 259 g/mol. The highest BCUT2D eigenvalue weighted by atomic mass is 16.5. The molecule has 100 valence electrons. The number of nitrogens with zero attached hydrogens (tertiary/aromatic N) is 1. The molecule has 19 heavy (non-hydrogen) atoms. The van der Waals surface area contributed by atoms with Gasteiger partial charge in [-0.25, -0.2) is 0 Å². The zero-order valence-corrected chi connectivity index (χ0v) is 11.3. The van der Waals surface area contributed by atoms with Gasteiger partial charge in [0.2, 0.25) is 0 Å². The van der Waals surface area contributed by atoms with Crippen LogP contribution in [0.25, 0.3) is 0 Å². The molecule has 0 spiro atoms. The molecule has 1 aromatic carbocycles. The first kappa shape index (κ1) is 13.2. The SMILES string of the molecule is COc1ccc(Cn2ccc(C)cc2=O)cc1OC. The van der Waals surface area contributed by atoms with E-state index in [1.165, 1.54) is 0 Å². The van der Waals surface area contributed by atoms with Crippen LogP contribution in [0.2, 0.25) is 0 Å². The first-order chi connectivity index (χ1) is 9.13. The van der Waals surface area contributed by atoms with Crippen LogP contribution in [0.3, 0.4) is 0 Å². The number of benzene rings is 1. The second kappa shape index (κ2) is 5.61. The van der Waals surface area contributed by atoms with Crippen molar-refractivity contribution in [1.29, 1.82) is 0 Å². The van der Waals surface area contributed by atoms with Crippen LogP contribution in [0.15, 0.2) is 41.3 Å². The Labute approximate surface area is 112 Å². The van der Waals surface area contributed by atoms with Crippen molar-refractivity contribution in [2.24, 2.45) is 0 Å². The minimum absolute atomic E-state index is 0.00483. The molecule has 0 N–H and O–H groups in total. The smallest absolute Gasteiger partial charge is 0.251 e. The number of pyridine rings is 1. The fourth-order valence-corrected chi connectivity index (χ4v) is 1.91. The molecule has 4 nitrogen and oxygen atoms in total. The van der Waals surface area contributed by atoms with Crippen LogP contribution < -0.4 is 15.0 Å². The number of hydrogen-bond acceptors (Lipinski definition) is 3. The molecule has 0 saturated heterocycles. The molecule has 0 unspecified atom stereocenters. The molecule has 4 heteroatoms. The molecule has 0 bridgehead atoms. The molecular weight excluding hydrogens is 242 g/mol.